The molecule has 0 saturated carbocycles. The Hall–Kier alpha value is -2.11. The second-order valence-electron chi connectivity index (χ2n) is 6.79. The van der Waals surface area contributed by atoms with Crippen LogP contribution < -0.4 is 10.6 Å². The fourth-order valence-electron chi connectivity index (χ4n) is 3.54. The molecule has 0 amide bonds. The molecule has 0 spiro atoms. The zero-order valence-corrected chi connectivity index (χ0v) is 18.6. The van der Waals surface area contributed by atoms with Crippen molar-refractivity contribution in [1.29, 1.82) is 5.26 Å². The molecule has 1 saturated heterocycles. The topological polar surface area (TPSA) is 63.5 Å². The van der Waals surface area contributed by atoms with Crippen LogP contribution in [0.15, 0.2) is 59.6 Å². The summed E-state index contributed by atoms with van der Waals surface area (Å²) < 4.78 is 0. The van der Waals surface area contributed by atoms with Crippen LogP contribution in [0.2, 0.25) is 0 Å². The molecule has 0 aliphatic carbocycles. The van der Waals surface area contributed by atoms with Gasteiger partial charge in [-0.3, -0.25) is 9.89 Å². The van der Waals surface area contributed by atoms with Gasteiger partial charge >= 0.3 is 0 Å². The van der Waals surface area contributed by atoms with Crippen LogP contribution in [0, 0.1) is 11.3 Å². The van der Waals surface area contributed by atoms with Crippen LogP contribution in [0.5, 0.6) is 0 Å². The first-order chi connectivity index (χ1) is 13.3. The summed E-state index contributed by atoms with van der Waals surface area (Å²) in [7, 11) is 1.79. The smallest absolute Gasteiger partial charge is 0.191 e. The Morgan fingerprint density at radius 3 is 2.54 bits per heavy atom. The van der Waals surface area contributed by atoms with Gasteiger partial charge in [0, 0.05) is 20.1 Å². The highest BCUT2D eigenvalue weighted by Gasteiger charge is 2.23. The average molecular weight is 489 g/mol. The van der Waals surface area contributed by atoms with Crippen molar-refractivity contribution in [3.8, 4) is 6.07 Å². The number of likely N-dealkylation sites (tertiary alicyclic amines) is 1. The molecule has 1 aliphatic heterocycles. The van der Waals surface area contributed by atoms with Crippen molar-refractivity contribution in [2.45, 2.75) is 25.4 Å². The molecular weight excluding hydrogens is 461 g/mol. The Balaban J connectivity index is 0.00000280. The van der Waals surface area contributed by atoms with Crippen molar-refractivity contribution in [3.05, 3.63) is 71.3 Å². The zero-order valence-electron chi connectivity index (χ0n) is 16.3. The molecule has 1 heterocycles. The molecule has 1 aliphatic rings. The second-order valence-corrected chi connectivity index (χ2v) is 6.79. The van der Waals surface area contributed by atoms with E-state index < -0.39 is 0 Å². The number of nitriles is 1. The third kappa shape index (κ3) is 6.21. The molecule has 2 N–H and O–H groups in total. The normalized spacial score (nSPS) is 15.4. The molecule has 3 rings (SSSR count). The van der Waals surface area contributed by atoms with Crippen molar-refractivity contribution < 1.29 is 0 Å². The van der Waals surface area contributed by atoms with Crippen LogP contribution in [0.4, 0.5) is 0 Å². The summed E-state index contributed by atoms with van der Waals surface area (Å²) in [5, 5.41) is 15.9. The largest absolute Gasteiger partial charge is 0.354 e. The lowest BCUT2D eigenvalue weighted by Gasteiger charge is -2.29. The number of hydrogen-bond acceptors (Lipinski definition) is 3. The number of nitrogens with one attached hydrogen (secondary N) is 2. The van der Waals surface area contributed by atoms with Crippen molar-refractivity contribution in [1.82, 2.24) is 15.5 Å². The maximum Gasteiger partial charge on any atom is 0.191 e. The zero-order chi connectivity index (χ0) is 18.9. The number of aliphatic imine (C=N–C) groups is 1. The van der Waals surface area contributed by atoms with Crippen molar-refractivity contribution >= 4 is 29.9 Å². The van der Waals surface area contributed by atoms with Gasteiger partial charge in [-0.15, -0.1) is 24.0 Å². The number of rotatable bonds is 6. The molecule has 2 aromatic rings. The first-order valence-electron chi connectivity index (χ1n) is 9.52. The van der Waals surface area contributed by atoms with Crippen LogP contribution in [0.3, 0.4) is 0 Å². The van der Waals surface area contributed by atoms with Crippen LogP contribution >= 0.6 is 24.0 Å². The predicted octanol–water partition coefficient (Wildman–Crippen LogP) is 3.68. The van der Waals surface area contributed by atoms with E-state index in [-0.39, 0.29) is 24.0 Å². The van der Waals surface area contributed by atoms with Crippen molar-refractivity contribution in [2.24, 2.45) is 4.99 Å². The minimum Gasteiger partial charge on any atom is -0.354 e. The van der Waals surface area contributed by atoms with Gasteiger partial charge in [-0.1, -0.05) is 42.5 Å². The molecule has 1 unspecified atom stereocenters. The molecule has 0 aromatic heterocycles. The SMILES string of the molecule is CN=C(NCc1cccc(C#N)c1)NCC(c1ccccc1)N1CCCC1.I. The van der Waals surface area contributed by atoms with Gasteiger partial charge in [-0.05, 0) is 49.2 Å². The first kappa shape index (κ1) is 22.2. The van der Waals surface area contributed by atoms with Gasteiger partial charge in [0.25, 0.3) is 0 Å². The standard InChI is InChI=1S/C22H27N5.HI/c1-24-22(25-16-19-9-7-8-18(14-19)15-23)26-17-21(27-12-5-6-13-27)20-10-3-2-4-11-20;/h2-4,7-11,14,21H,5-6,12-13,16-17H2,1H3,(H2,24,25,26);1H. The van der Waals surface area contributed by atoms with Crippen molar-refractivity contribution in [3.63, 3.8) is 0 Å². The molecule has 5 nitrogen and oxygen atoms in total. The van der Waals surface area contributed by atoms with Gasteiger partial charge in [0.05, 0.1) is 17.7 Å². The lowest BCUT2D eigenvalue weighted by Crippen LogP contribution is -2.42. The molecule has 1 fully saturated rings. The third-order valence-corrected chi connectivity index (χ3v) is 4.97. The van der Waals surface area contributed by atoms with Crippen molar-refractivity contribution in [2.75, 3.05) is 26.7 Å². The fourth-order valence-corrected chi connectivity index (χ4v) is 3.54. The summed E-state index contributed by atoms with van der Waals surface area (Å²) in [6.07, 6.45) is 2.54. The van der Waals surface area contributed by atoms with Gasteiger partial charge in [0.15, 0.2) is 5.96 Å². The minimum absolute atomic E-state index is 0. The quantitative estimate of drug-likeness (QED) is 0.369. The Morgan fingerprint density at radius 2 is 1.86 bits per heavy atom. The molecule has 28 heavy (non-hydrogen) atoms. The monoisotopic (exact) mass is 489 g/mol. The number of guanidine groups is 1. The van der Waals surface area contributed by atoms with Crippen LogP contribution in [0.1, 0.15) is 35.6 Å². The Bertz CT molecular complexity index is 794. The van der Waals surface area contributed by atoms with E-state index in [4.69, 9.17) is 5.26 Å². The van der Waals surface area contributed by atoms with Gasteiger partial charge in [-0.25, -0.2) is 0 Å². The van der Waals surface area contributed by atoms with E-state index >= 15 is 0 Å². The Labute approximate surface area is 184 Å². The minimum atomic E-state index is 0. The van der Waals surface area contributed by atoms with E-state index in [1.807, 2.05) is 24.3 Å². The molecule has 0 radical (unpaired) electrons. The van der Waals surface area contributed by atoms with E-state index in [1.165, 1.54) is 18.4 Å². The molecule has 148 valence electrons. The van der Waals surface area contributed by atoms with Gasteiger partial charge in [0.1, 0.15) is 0 Å². The van der Waals surface area contributed by atoms with Gasteiger partial charge in [0.2, 0.25) is 0 Å². The third-order valence-electron chi connectivity index (χ3n) is 4.97. The number of hydrogen-bond donors (Lipinski definition) is 2. The molecule has 1 atom stereocenters. The molecule has 6 heteroatoms. The maximum atomic E-state index is 9.03. The Kier molecular flexibility index (Phi) is 9.24. The lowest BCUT2D eigenvalue weighted by atomic mass is 10.1. The summed E-state index contributed by atoms with van der Waals surface area (Å²) in [4.78, 5) is 6.90. The summed E-state index contributed by atoms with van der Waals surface area (Å²) in [5.41, 5.74) is 3.08. The molecule has 0 bridgehead atoms. The highest BCUT2D eigenvalue weighted by molar-refractivity contribution is 14.0. The fraction of sp³-hybridized carbons (Fsp3) is 0.364. The second kappa shape index (κ2) is 11.7. The highest BCUT2D eigenvalue weighted by atomic mass is 127. The summed E-state index contributed by atoms with van der Waals surface area (Å²) in [6.45, 7) is 3.74. The van der Waals surface area contributed by atoms with Crippen LogP contribution in [-0.4, -0.2) is 37.5 Å². The summed E-state index contributed by atoms with van der Waals surface area (Å²) >= 11 is 0. The van der Waals surface area contributed by atoms with E-state index in [0.717, 1.165) is 31.2 Å². The number of halogens is 1. The van der Waals surface area contributed by atoms with E-state index in [0.29, 0.717) is 18.2 Å². The average Bonchev–Trinajstić information content (AvgIpc) is 3.26. The highest BCUT2D eigenvalue weighted by Crippen LogP contribution is 2.24. The maximum absolute atomic E-state index is 9.03. The summed E-state index contributed by atoms with van der Waals surface area (Å²) in [5.74, 6) is 0.775. The van der Waals surface area contributed by atoms with E-state index in [1.54, 1.807) is 7.05 Å². The van der Waals surface area contributed by atoms with E-state index in [9.17, 15) is 0 Å². The van der Waals surface area contributed by atoms with Gasteiger partial charge < -0.3 is 10.6 Å². The van der Waals surface area contributed by atoms with Gasteiger partial charge in [-0.2, -0.15) is 5.26 Å². The lowest BCUT2D eigenvalue weighted by molar-refractivity contribution is 0.245. The van der Waals surface area contributed by atoms with Crippen LogP contribution in [-0.2, 0) is 6.54 Å². The summed E-state index contributed by atoms with van der Waals surface area (Å²) in [6, 6.07) is 20.8. The predicted molar refractivity (Wildman–Crippen MR) is 125 cm³/mol. The Morgan fingerprint density at radius 1 is 1.11 bits per heavy atom. The van der Waals surface area contributed by atoms with E-state index in [2.05, 4.69) is 56.9 Å². The number of nitrogens with zero attached hydrogens (tertiary/aromatic N) is 3. The number of benzene rings is 2. The molecular formula is C22H28IN5. The van der Waals surface area contributed by atoms with Crippen LogP contribution in [0.25, 0.3) is 0 Å². The molecule has 2 aromatic carbocycles. The first-order valence-corrected chi connectivity index (χ1v) is 9.52.